The maximum absolute atomic E-state index is 10.3. The Morgan fingerprint density at radius 1 is 1.55 bits per heavy atom. The average Bonchev–Trinajstić information content (AvgIpc) is 2.61. The van der Waals surface area contributed by atoms with E-state index in [-0.39, 0.29) is 5.75 Å². The highest BCUT2D eigenvalue weighted by Gasteiger charge is 2.26. The lowest BCUT2D eigenvalue weighted by Crippen LogP contribution is -2.27. The molecule has 1 saturated carbocycles. The molecule has 66 valence electrons. The second kappa shape index (κ2) is 3.08. The highest BCUT2D eigenvalue weighted by atomic mass is 32.2. The van der Waals surface area contributed by atoms with E-state index in [1.165, 1.54) is 0 Å². The van der Waals surface area contributed by atoms with Crippen LogP contribution in [-0.2, 0) is 10.1 Å². The summed E-state index contributed by atoms with van der Waals surface area (Å²) in [5.74, 6) is -0.153. The van der Waals surface area contributed by atoms with Crippen molar-refractivity contribution in [2.24, 2.45) is 0 Å². The third kappa shape index (κ3) is 3.69. The molecule has 0 heterocycles. The first kappa shape index (κ1) is 8.96. The number of hydrogen-bond acceptors (Lipinski definition) is 3. The fourth-order valence-electron chi connectivity index (χ4n) is 0.957. The molecule has 5 heteroatoms. The van der Waals surface area contributed by atoms with E-state index in [4.69, 9.17) is 4.55 Å². The molecule has 0 aromatic carbocycles. The van der Waals surface area contributed by atoms with Gasteiger partial charge >= 0.3 is 0 Å². The van der Waals surface area contributed by atoms with Gasteiger partial charge in [-0.15, -0.1) is 0 Å². The van der Waals surface area contributed by atoms with Crippen molar-refractivity contribution in [1.82, 2.24) is 4.90 Å². The summed E-state index contributed by atoms with van der Waals surface area (Å²) in [5.41, 5.74) is 0. The molecule has 1 N–H and O–H groups in total. The molecule has 0 aromatic heterocycles. The van der Waals surface area contributed by atoms with Crippen LogP contribution in [0.5, 0.6) is 0 Å². The number of hydrogen-bond donors (Lipinski definition) is 1. The zero-order chi connectivity index (χ0) is 8.48. The van der Waals surface area contributed by atoms with Gasteiger partial charge < -0.3 is 4.90 Å². The third-order valence-corrected chi connectivity index (χ3v) is 2.57. The number of rotatable bonds is 4. The van der Waals surface area contributed by atoms with Gasteiger partial charge in [-0.25, -0.2) is 0 Å². The normalized spacial score (nSPS) is 19.2. The molecular weight excluding hydrogens is 166 g/mol. The second-order valence-electron chi connectivity index (χ2n) is 3.00. The van der Waals surface area contributed by atoms with Crippen LogP contribution in [0.2, 0.25) is 0 Å². The Morgan fingerprint density at radius 2 is 2.09 bits per heavy atom. The van der Waals surface area contributed by atoms with Crippen molar-refractivity contribution in [1.29, 1.82) is 0 Å². The minimum atomic E-state index is -3.77. The van der Waals surface area contributed by atoms with E-state index < -0.39 is 10.1 Å². The summed E-state index contributed by atoms with van der Waals surface area (Å²) < 4.78 is 29.0. The maximum atomic E-state index is 10.3. The van der Waals surface area contributed by atoms with Gasteiger partial charge in [-0.05, 0) is 19.9 Å². The van der Waals surface area contributed by atoms with Gasteiger partial charge in [0.05, 0.1) is 5.75 Å². The Hall–Kier alpha value is -0.130. The largest absolute Gasteiger partial charge is 0.302 e. The van der Waals surface area contributed by atoms with Gasteiger partial charge in [0.15, 0.2) is 0 Å². The standard InChI is InChI=1S/C6H13NO3S/c1-7(6-2-3-6)4-5-11(8,9)10/h6H,2-5H2,1H3,(H,8,9,10). The molecule has 0 atom stereocenters. The van der Waals surface area contributed by atoms with Gasteiger partial charge in [0, 0.05) is 12.6 Å². The maximum Gasteiger partial charge on any atom is 0.266 e. The van der Waals surface area contributed by atoms with Crippen LogP contribution in [0.1, 0.15) is 12.8 Å². The molecule has 1 fully saturated rings. The molecule has 11 heavy (non-hydrogen) atoms. The van der Waals surface area contributed by atoms with Gasteiger partial charge in [-0.3, -0.25) is 4.55 Å². The van der Waals surface area contributed by atoms with Crippen LogP contribution >= 0.6 is 0 Å². The van der Waals surface area contributed by atoms with Crippen LogP contribution in [-0.4, -0.2) is 43.3 Å². The Kier molecular flexibility index (Phi) is 2.51. The van der Waals surface area contributed by atoms with Crippen LogP contribution in [0.4, 0.5) is 0 Å². The monoisotopic (exact) mass is 179 g/mol. The molecule has 0 bridgehead atoms. The molecule has 1 aliphatic rings. The quantitative estimate of drug-likeness (QED) is 0.616. The topological polar surface area (TPSA) is 57.6 Å². The lowest BCUT2D eigenvalue weighted by molar-refractivity contribution is 0.339. The molecule has 0 unspecified atom stereocenters. The lowest BCUT2D eigenvalue weighted by Gasteiger charge is -2.13. The molecule has 4 nitrogen and oxygen atoms in total. The fraction of sp³-hybridized carbons (Fsp3) is 1.00. The van der Waals surface area contributed by atoms with Crippen molar-refractivity contribution in [3.05, 3.63) is 0 Å². The summed E-state index contributed by atoms with van der Waals surface area (Å²) >= 11 is 0. The molecule has 0 spiro atoms. The second-order valence-corrected chi connectivity index (χ2v) is 4.57. The molecule has 0 aromatic rings. The summed E-state index contributed by atoms with van der Waals surface area (Å²) in [6.45, 7) is 0.434. The molecule has 0 saturated heterocycles. The average molecular weight is 179 g/mol. The van der Waals surface area contributed by atoms with Crippen LogP contribution in [0.3, 0.4) is 0 Å². The predicted molar refractivity (Wildman–Crippen MR) is 42.1 cm³/mol. The summed E-state index contributed by atoms with van der Waals surface area (Å²) in [4.78, 5) is 1.97. The Labute approximate surface area is 66.9 Å². The number of nitrogens with zero attached hydrogens (tertiary/aromatic N) is 1. The first-order chi connectivity index (χ1) is 4.99. The Morgan fingerprint density at radius 3 is 2.45 bits per heavy atom. The fourth-order valence-corrected chi connectivity index (χ4v) is 1.48. The molecule has 0 amide bonds. The smallest absolute Gasteiger partial charge is 0.266 e. The minimum Gasteiger partial charge on any atom is -0.302 e. The van der Waals surface area contributed by atoms with Crippen LogP contribution in [0.15, 0.2) is 0 Å². The van der Waals surface area contributed by atoms with Gasteiger partial charge in [-0.2, -0.15) is 8.42 Å². The highest BCUT2D eigenvalue weighted by Crippen LogP contribution is 2.24. The molecule has 1 rings (SSSR count). The van der Waals surface area contributed by atoms with Crippen molar-refractivity contribution >= 4 is 10.1 Å². The van der Waals surface area contributed by atoms with Crippen molar-refractivity contribution in [3.8, 4) is 0 Å². The summed E-state index contributed by atoms with van der Waals surface area (Å²) in [6.07, 6.45) is 2.31. The van der Waals surface area contributed by atoms with E-state index in [2.05, 4.69) is 0 Å². The zero-order valence-electron chi connectivity index (χ0n) is 6.52. The van der Waals surface area contributed by atoms with Crippen LogP contribution < -0.4 is 0 Å². The molecule has 0 aliphatic heterocycles. The molecular formula is C6H13NO3S. The SMILES string of the molecule is CN(CCS(=O)(=O)O)C1CC1. The first-order valence-corrected chi connectivity index (χ1v) is 5.25. The highest BCUT2D eigenvalue weighted by molar-refractivity contribution is 7.85. The van der Waals surface area contributed by atoms with Gasteiger partial charge in [-0.1, -0.05) is 0 Å². The first-order valence-electron chi connectivity index (χ1n) is 3.64. The van der Waals surface area contributed by atoms with Gasteiger partial charge in [0.25, 0.3) is 10.1 Å². The predicted octanol–water partition coefficient (Wildman–Crippen LogP) is -0.0316. The van der Waals surface area contributed by atoms with Crippen molar-refractivity contribution < 1.29 is 13.0 Å². The van der Waals surface area contributed by atoms with Crippen molar-refractivity contribution in [2.75, 3.05) is 19.3 Å². The zero-order valence-corrected chi connectivity index (χ0v) is 7.34. The summed E-state index contributed by atoms with van der Waals surface area (Å²) in [5, 5.41) is 0. The van der Waals surface area contributed by atoms with E-state index in [0.29, 0.717) is 12.6 Å². The Bertz CT molecular complexity index is 220. The summed E-state index contributed by atoms with van der Waals surface area (Å²) in [7, 11) is -1.89. The van der Waals surface area contributed by atoms with Crippen molar-refractivity contribution in [2.45, 2.75) is 18.9 Å². The molecule has 0 radical (unpaired) electrons. The van der Waals surface area contributed by atoms with E-state index in [9.17, 15) is 8.42 Å². The third-order valence-electron chi connectivity index (χ3n) is 1.87. The molecule has 1 aliphatic carbocycles. The summed E-state index contributed by atoms with van der Waals surface area (Å²) in [6, 6.07) is 0.553. The van der Waals surface area contributed by atoms with Gasteiger partial charge in [0.2, 0.25) is 0 Å². The van der Waals surface area contributed by atoms with Crippen LogP contribution in [0, 0.1) is 0 Å². The minimum absolute atomic E-state index is 0.153. The van der Waals surface area contributed by atoms with E-state index in [1.807, 2.05) is 11.9 Å². The Balaban J connectivity index is 2.21. The lowest BCUT2D eigenvalue weighted by atomic mass is 10.5. The van der Waals surface area contributed by atoms with Crippen LogP contribution in [0.25, 0.3) is 0 Å². The van der Waals surface area contributed by atoms with Gasteiger partial charge in [0.1, 0.15) is 0 Å². The van der Waals surface area contributed by atoms with E-state index in [1.54, 1.807) is 0 Å². The van der Waals surface area contributed by atoms with E-state index in [0.717, 1.165) is 12.8 Å². The van der Waals surface area contributed by atoms with Crippen molar-refractivity contribution in [3.63, 3.8) is 0 Å². The van der Waals surface area contributed by atoms with E-state index >= 15 is 0 Å².